The molecule has 94 valence electrons. The molecule has 0 spiro atoms. The Kier molecular flexibility index (Phi) is 4.25. The van der Waals surface area contributed by atoms with E-state index in [9.17, 15) is 13.6 Å². The van der Waals surface area contributed by atoms with Crippen molar-refractivity contribution in [2.45, 2.75) is 26.2 Å². The molecule has 0 bridgehead atoms. The molecule has 1 rings (SSSR count). The third-order valence-corrected chi connectivity index (χ3v) is 3.07. The summed E-state index contributed by atoms with van der Waals surface area (Å²) in [6.45, 7) is 4.67. The molecule has 2 nitrogen and oxygen atoms in total. The SMILES string of the molecule is CCOC(=O)C(C)(C)c1c(F)ccc(Br)c1F. The Morgan fingerprint density at radius 3 is 2.53 bits per heavy atom. The molecule has 5 heteroatoms. The topological polar surface area (TPSA) is 26.3 Å². The van der Waals surface area contributed by atoms with Gasteiger partial charge in [0, 0.05) is 5.56 Å². The maximum Gasteiger partial charge on any atom is 0.316 e. The number of ether oxygens (including phenoxy) is 1. The van der Waals surface area contributed by atoms with Gasteiger partial charge in [0.25, 0.3) is 0 Å². The van der Waals surface area contributed by atoms with Crippen LogP contribution in [0, 0.1) is 11.6 Å². The minimum absolute atomic E-state index is 0.117. The molecular weight excluding hydrogens is 294 g/mol. The molecule has 0 atom stereocenters. The first kappa shape index (κ1) is 14.1. The summed E-state index contributed by atoms with van der Waals surface area (Å²) in [6.07, 6.45) is 0. The molecule has 1 aromatic rings. The summed E-state index contributed by atoms with van der Waals surface area (Å²) >= 11 is 2.97. The van der Waals surface area contributed by atoms with Crippen molar-refractivity contribution in [1.29, 1.82) is 0 Å². The van der Waals surface area contributed by atoms with Crippen LogP contribution in [0.15, 0.2) is 16.6 Å². The van der Waals surface area contributed by atoms with E-state index in [1.807, 2.05) is 0 Å². The van der Waals surface area contributed by atoms with Crippen molar-refractivity contribution in [2.24, 2.45) is 0 Å². The first-order chi connectivity index (χ1) is 7.82. The van der Waals surface area contributed by atoms with Gasteiger partial charge in [0.05, 0.1) is 16.5 Å². The molecule has 0 amide bonds. The molecule has 0 aliphatic heterocycles. The normalized spacial score (nSPS) is 11.4. The van der Waals surface area contributed by atoms with Gasteiger partial charge in [-0.2, -0.15) is 0 Å². The smallest absolute Gasteiger partial charge is 0.316 e. The predicted molar refractivity (Wildman–Crippen MR) is 63.7 cm³/mol. The largest absolute Gasteiger partial charge is 0.465 e. The number of carbonyl (C=O) groups excluding carboxylic acids is 1. The van der Waals surface area contributed by atoms with Gasteiger partial charge in [-0.05, 0) is 48.8 Å². The van der Waals surface area contributed by atoms with Crippen LogP contribution in [-0.2, 0) is 14.9 Å². The van der Waals surface area contributed by atoms with Crippen molar-refractivity contribution in [3.8, 4) is 0 Å². The van der Waals surface area contributed by atoms with Crippen LogP contribution in [0.5, 0.6) is 0 Å². The molecule has 0 heterocycles. The average molecular weight is 307 g/mol. The minimum atomic E-state index is -1.37. The first-order valence-corrected chi connectivity index (χ1v) is 5.92. The maximum atomic E-state index is 13.9. The highest BCUT2D eigenvalue weighted by atomic mass is 79.9. The number of carbonyl (C=O) groups is 1. The van der Waals surface area contributed by atoms with E-state index in [0.29, 0.717) is 0 Å². The zero-order valence-electron chi connectivity index (χ0n) is 9.81. The van der Waals surface area contributed by atoms with E-state index in [1.54, 1.807) is 6.92 Å². The third-order valence-electron chi connectivity index (χ3n) is 2.45. The Morgan fingerprint density at radius 2 is 2.00 bits per heavy atom. The van der Waals surface area contributed by atoms with Gasteiger partial charge < -0.3 is 4.74 Å². The summed E-state index contributed by atoms with van der Waals surface area (Å²) < 4.78 is 32.5. The highest BCUT2D eigenvalue weighted by Gasteiger charge is 2.37. The van der Waals surface area contributed by atoms with Crippen LogP contribution in [0.25, 0.3) is 0 Å². The van der Waals surface area contributed by atoms with E-state index < -0.39 is 23.0 Å². The van der Waals surface area contributed by atoms with Crippen molar-refractivity contribution in [1.82, 2.24) is 0 Å². The van der Waals surface area contributed by atoms with E-state index in [4.69, 9.17) is 4.74 Å². The van der Waals surface area contributed by atoms with E-state index in [-0.39, 0.29) is 16.6 Å². The second-order valence-electron chi connectivity index (χ2n) is 4.06. The third kappa shape index (κ3) is 2.65. The molecular formula is C12H13BrF2O2. The van der Waals surface area contributed by atoms with E-state index in [0.717, 1.165) is 6.07 Å². The number of rotatable bonds is 3. The van der Waals surface area contributed by atoms with E-state index in [2.05, 4.69) is 15.9 Å². The molecule has 0 aromatic heterocycles. The number of hydrogen-bond donors (Lipinski definition) is 0. The molecule has 0 saturated carbocycles. The minimum Gasteiger partial charge on any atom is -0.465 e. The molecule has 0 fully saturated rings. The zero-order chi connectivity index (χ0) is 13.2. The fourth-order valence-electron chi connectivity index (χ4n) is 1.51. The van der Waals surface area contributed by atoms with Crippen molar-refractivity contribution >= 4 is 21.9 Å². The van der Waals surface area contributed by atoms with Gasteiger partial charge in [-0.15, -0.1) is 0 Å². The Morgan fingerprint density at radius 1 is 1.41 bits per heavy atom. The van der Waals surface area contributed by atoms with Crippen molar-refractivity contribution in [3.05, 3.63) is 33.8 Å². The summed E-state index contributed by atoms with van der Waals surface area (Å²) in [5.74, 6) is -2.19. The summed E-state index contributed by atoms with van der Waals surface area (Å²) in [4.78, 5) is 11.7. The second-order valence-corrected chi connectivity index (χ2v) is 4.92. The van der Waals surface area contributed by atoms with Crippen LogP contribution in [0.3, 0.4) is 0 Å². The van der Waals surface area contributed by atoms with Gasteiger partial charge in [-0.25, -0.2) is 8.78 Å². The fourth-order valence-corrected chi connectivity index (χ4v) is 1.84. The van der Waals surface area contributed by atoms with Gasteiger partial charge in [-0.3, -0.25) is 4.79 Å². The Bertz CT molecular complexity index is 444. The Labute approximate surface area is 107 Å². The number of benzene rings is 1. The lowest BCUT2D eigenvalue weighted by Crippen LogP contribution is -2.33. The lowest BCUT2D eigenvalue weighted by Gasteiger charge is -2.24. The summed E-state index contributed by atoms with van der Waals surface area (Å²) in [5.41, 5.74) is -1.65. The van der Waals surface area contributed by atoms with Crippen LogP contribution in [0.1, 0.15) is 26.3 Å². The highest BCUT2D eigenvalue weighted by molar-refractivity contribution is 9.10. The van der Waals surface area contributed by atoms with Gasteiger partial charge in [0.1, 0.15) is 11.6 Å². The van der Waals surface area contributed by atoms with Gasteiger partial charge in [0.2, 0.25) is 0 Å². The summed E-state index contributed by atoms with van der Waals surface area (Å²) in [5, 5.41) is 0. The Balaban J connectivity index is 3.32. The van der Waals surface area contributed by atoms with Gasteiger partial charge >= 0.3 is 5.97 Å². The van der Waals surface area contributed by atoms with Crippen LogP contribution < -0.4 is 0 Å². The maximum absolute atomic E-state index is 13.9. The molecule has 17 heavy (non-hydrogen) atoms. The van der Waals surface area contributed by atoms with Gasteiger partial charge in [0.15, 0.2) is 0 Å². The molecule has 0 saturated heterocycles. The van der Waals surface area contributed by atoms with Crippen LogP contribution in [0.4, 0.5) is 8.78 Å². The first-order valence-electron chi connectivity index (χ1n) is 5.13. The molecule has 0 radical (unpaired) electrons. The Hall–Kier alpha value is -0.970. The number of halogens is 3. The van der Waals surface area contributed by atoms with E-state index >= 15 is 0 Å². The van der Waals surface area contributed by atoms with Crippen molar-refractivity contribution in [3.63, 3.8) is 0 Å². The van der Waals surface area contributed by atoms with Crippen LogP contribution in [0.2, 0.25) is 0 Å². The van der Waals surface area contributed by atoms with Crippen molar-refractivity contribution in [2.75, 3.05) is 6.61 Å². The predicted octanol–water partition coefficient (Wildman–Crippen LogP) is 3.57. The number of esters is 1. The lowest BCUT2D eigenvalue weighted by atomic mass is 9.84. The lowest BCUT2D eigenvalue weighted by molar-refractivity contribution is -0.149. The summed E-state index contributed by atoms with van der Waals surface area (Å²) in [6, 6.07) is 2.37. The average Bonchev–Trinajstić information content (AvgIpc) is 2.24. The second kappa shape index (κ2) is 5.12. The molecule has 0 unspecified atom stereocenters. The molecule has 0 aliphatic carbocycles. The summed E-state index contributed by atoms with van der Waals surface area (Å²) in [7, 11) is 0. The fraction of sp³-hybridized carbons (Fsp3) is 0.417. The monoisotopic (exact) mass is 306 g/mol. The molecule has 0 N–H and O–H groups in total. The van der Waals surface area contributed by atoms with Crippen molar-refractivity contribution < 1.29 is 18.3 Å². The highest BCUT2D eigenvalue weighted by Crippen LogP contribution is 2.33. The quantitative estimate of drug-likeness (QED) is 0.630. The molecule has 1 aromatic carbocycles. The van der Waals surface area contributed by atoms with E-state index in [1.165, 1.54) is 19.9 Å². The number of hydrogen-bond acceptors (Lipinski definition) is 2. The standard InChI is InChI=1S/C12H13BrF2O2/c1-4-17-11(16)12(2,3)9-8(14)6-5-7(13)10(9)15/h5-6H,4H2,1-3H3. The zero-order valence-corrected chi connectivity index (χ0v) is 11.4. The van der Waals surface area contributed by atoms with Crippen LogP contribution >= 0.6 is 15.9 Å². The van der Waals surface area contributed by atoms with Crippen LogP contribution in [-0.4, -0.2) is 12.6 Å². The molecule has 0 aliphatic rings. The van der Waals surface area contributed by atoms with Gasteiger partial charge in [-0.1, -0.05) is 0 Å².